The van der Waals surface area contributed by atoms with Gasteiger partial charge in [-0.25, -0.2) is 4.39 Å². The molecule has 0 bridgehead atoms. The third-order valence-electron chi connectivity index (χ3n) is 3.70. The van der Waals surface area contributed by atoms with Crippen molar-refractivity contribution in [3.05, 3.63) is 29.6 Å². The third kappa shape index (κ3) is 3.23. The maximum atomic E-state index is 13.0. The summed E-state index contributed by atoms with van der Waals surface area (Å²) in [6.45, 7) is 6.04. The smallest absolute Gasteiger partial charge is 0.126 e. The number of phenolic OH excluding ortho intramolecular Hbond substituents is 1. The highest BCUT2D eigenvalue weighted by molar-refractivity contribution is 5.35. The van der Waals surface area contributed by atoms with E-state index in [1.807, 2.05) is 13.8 Å². The first-order chi connectivity index (χ1) is 8.99. The van der Waals surface area contributed by atoms with Gasteiger partial charge < -0.3 is 15.6 Å². The van der Waals surface area contributed by atoms with Crippen LogP contribution in [0.25, 0.3) is 0 Å². The summed E-state index contributed by atoms with van der Waals surface area (Å²) in [5, 5.41) is 9.84. The van der Waals surface area contributed by atoms with E-state index in [0.29, 0.717) is 6.61 Å². The van der Waals surface area contributed by atoms with Crippen LogP contribution >= 0.6 is 0 Å². The number of morpholine rings is 1. The van der Waals surface area contributed by atoms with Crippen molar-refractivity contribution in [1.82, 2.24) is 4.90 Å². The predicted octanol–water partition coefficient (Wildman–Crippen LogP) is 1.64. The van der Waals surface area contributed by atoms with Gasteiger partial charge in [0.25, 0.3) is 0 Å². The molecule has 1 fully saturated rings. The largest absolute Gasteiger partial charge is 0.508 e. The minimum atomic E-state index is -0.427. The molecule has 19 heavy (non-hydrogen) atoms. The average molecular weight is 268 g/mol. The van der Waals surface area contributed by atoms with E-state index >= 15 is 0 Å². The Kier molecular flexibility index (Phi) is 4.39. The normalized spacial score (nSPS) is 24.1. The molecule has 0 aliphatic carbocycles. The van der Waals surface area contributed by atoms with Crippen LogP contribution in [0.4, 0.5) is 4.39 Å². The van der Waals surface area contributed by atoms with Crippen LogP contribution in [0.3, 0.4) is 0 Å². The quantitative estimate of drug-likeness (QED) is 0.875. The van der Waals surface area contributed by atoms with Gasteiger partial charge >= 0.3 is 0 Å². The summed E-state index contributed by atoms with van der Waals surface area (Å²) >= 11 is 0. The molecule has 1 aromatic carbocycles. The predicted molar refractivity (Wildman–Crippen MR) is 71.4 cm³/mol. The molecule has 0 saturated carbocycles. The van der Waals surface area contributed by atoms with Gasteiger partial charge in [-0.2, -0.15) is 0 Å². The second-order valence-electron chi connectivity index (χ2n) is 5.14. The van der Waals surface area contributed by atoms with Crippen LogP contribution < -0.4 is 5.73 Å². The van der Waals surface area contributed by atoms with Crippen LogP contribution in [0.15, 0.2) is 18.2 Å². The van der Waals surface area contributed by atoms with Crippen molar-refractivity contribution in [2.24, 2.45) is 5.73 Å². The van der Waals surface area contributed by atoms with Crippen molar-refractivity contribution in [1.29, 1.82) is 0 Å². The minimum absolute atomic E-state index is 0.00112. The van der Waals surface area contributed by atoms with Gasteiger partial charge in [0.1, 0.15) is 11.6 Å². The highest BCUT2D eigenvalue weighted by Gasteiger charge is 2.28. The van der Waals surface area contributed by atoms with Gasteiger partial charge in [0.15, 0.2) is 0 Å². The summed E-state index contributed by atoms with van der Waals surface area (Å²) in [6, 6.07) is 4.12. The number of phenols is 1. The molecule has 0 radical (unpaired) electrons. The van der Waals surface area contributed by atoms with Crippen LogP contribution in [-0.4, -0.2) is 41.8 Å². The third-order valence-corrected chi connectivity index (χ3v) is 3.70. The van der Waals surface area contributed by atoms with Crippen LogP contribution in [0.1, 0.15) is 25.5 Å². The lowest BCUT2D eigenvalue weighted by atomic mass is 10.0. The fourth-order valence-corrected chi connectivity index (χ4v) is 2.43. The Labute approximate surface area is 113 Å². The Hall–Kier alpha value is -1.17. The maximum absolute atomic E-state index is 13.0. The van der Waals surface area contributed by atoms with Gasteiger partial charge in [-0.05, 0) is 19.9 Å². The number of nitrogens with two attached hydrogens (primary N) is 1. The summed E-state index contributed by atoms with van der Waals surface area (Å²) < 4.78 is 18.6. The fourth-order valence-electron chi connectivity index (χ4n) is 2.43. The Morgan fingerprint density at radius 1 is 1.47 bits per heavy atom. The van der Waals surface area contributed by atoms with Crippen LogP contribution in [0.2, 0.25) is 0 Å². The molecular weight excluding hydrogens is 247 g/mol. The Morgan fingerprint density at radius 3 is 2.84 bits per heavy atom. The number of halogens is 1. The average Bonchev–Trinajstić information content (AvgIpc) is 2.38. The second-order valence-corrected chi connectivity index (χ2v) is 5.14. The Morgan fingerprint density at radius 2 is 2.21 bits per heavy atom. The summed E-state index contributed by atoms with van der Waals surface area (Å²) in [5.74, 6) is -0.430. The molecule has 5 heteroatoms. The first-order valence-electron chi connectivity index (χ1n) is 6.58. The highest BCUT2D eigenvalue weighted by atomic mass is 19.1. The van der Waals surface area contributed by atoms with E-state index < -0.39 is 5.82 Å². The van der Waals surface area contributed by atoms with E-state index in [1.165, 1.54) is 6.07 Å². The second kappa shape index (κ2) is 5.86. The number of nitrogens with zero attached hydrogens (tertiary/aromatic N) is 1. The fraction of sp³-hybridized carbons (Fsp3) is 0.571. The molecule has 0 amide bonds. The maximum Gasteiger partial charge on any atom is 0.126 e. The van der Waals surface area contributed by atoms with Gasteiger partial charge in [0.2, 0.25) is 0 Å². The number of rotatable bonds is 3. The summed E-state index contributed by atoms with van der Waals surface area (Å²) in [7, 11) is 0. The molecule has 1 heterocycles. The number of hydrogen-bond acceptors (Lipinski definition) is 4. The number of benzene rings is 1. The zero-order chi connectivity index (χ0) is 14.0. The van der Waals surface area contributed by atoms with Crippen molar-refractivity contribution < 1.29 is 14.2 Å². The van der Waals surface area contributed by atoms with E-state index in [-0.39, 0.29) is 23.9 Å². The lowest BCUT2D eigenvalue weighted by Gasteiger charge is -2.38. The lowest BCUT2D eigenvalue weighted by Crippen LogP contribution is -2.50. The highest BCUT2D eigenvalue weighted by Crippen LogP contribution is 2.30. The molecule has 4 nitrogen and oxygen atoms in total. The van der Waals surface area contributed by atoms with E-state index in [4.69, 9.17) is 10.5 Å². The molecule has 1 aliphatic rings. The minimum Gasteiger partial charge on any atom is -0.508 e. The molecular formula is C14H21FN2O2. The molecule has 3 atom stereocenters. The SMILES string of the molecule is CC(N)C1CN(C(C)c2ccc(F)cc2O)CCO1. The van der Waals surface area contributed by atoms with E-state index in [9.17, 15) is 9.50 Å². The summed E-state index contributed by atoms with van der Waals surface area (Å²) in [4.78, 5) is 2.20. The molecule has 106 valence electrons. The Bertz CT molecular complexity index is 439. The first kappa shape index (κ1) is 14.2. The monoisotopic (exact) mass is 268 g/mol. The van der Waals surface area contributed by atoms with Gasteiger partial charge in [-0.3, -0.25) is 4.90 Å². The summed E-state index contributed by atoms with van der Waals surface area (Å²) in [6.07, 6.45) is -0.00112. The van der Waals surface area contributed by atoms with Crippen LogP contribution in [0.5, 0.6) is 5.75 Å². The number of aromatic hydroxyl groups is 1. The standard InChI is InChI=1S/C14H21FN2O2/c1-9(16)14-8-17(5-6-19-14)10(2)12-4-3-11(15)7-13(12)18/h3-4,7,9-10,14,18H,5-6,8,16H2,1-2H3. The van der Waals surface area contributed by atoms with Gasteiger partial charge in [0, 0.05) is 36.8 Å². The molecule has 3 N–H and O–H groups in total. The number of hydrogen-bond donors (Lipinski definition) is 2. The van der Waals surface area contributed by atoms with Crippen molar-refractivity contribution in [2.75, 3.05) is 19.7 Å². The number of ether oxygens (including phenoxy) is 1. The molecule has 0 aromatic heterocycles. The van der Waals surface area contributed by atoms with Gasteiger partial charge in [-0.15, -0.1) is 0 Å². The molecule has 1 aromatic rings. The Balaban J connectivity index is 2.12. The van der Waals surface area contributed by atoms with Crippen LogP contribution in [-0.2, 0) is 4.74 Å². The van der Waals surface area contributed by atoms with E-state index in [2.05, 4.69) is 4.90 Å². The van der Waals surface area contributed by atoms with Crippen molar-refractivity contribution in [3.8, 4) is 5.75 Å². The molecule has 3 unspecified atom stereocenters. The zero-order valence-electron chi connectivity index (χ0n) is 11.3. The van der Waals surface area contributed by atoms with Crippen LogP contribution in [0, 0.1) is 5.82 Å². The first-order valence-corrected chi connectivity index (χ1v) is 6.58. The van der Waals surface area contributed by atoms with E-state index in [1.54, 1.807) is 6.07 Å². The van der Waals surface area contributed by atoms with Gasteiger partial charge in [-0.1, -0.05) is 6.07 Å². The van der Waals surface area contributed by atoms with E-state index in [0.717, 1.165) is 24.7 Å². The lowest BCUT2D eigenvalue weighted by molar-refractivity contribution is -0.0500. The zero-order valence-corrected chi connectivity index (χ0v) is 11.3. The molecule has 0 spiro atoms. The van der Waals surface area contributed by atoms with Crippen molar-refractivity contribution in [3.63, 3.8) is 0 Å². The van der Waals surface area contributed by atoms with Crippen molar-refractivity contribution >= 4 is 0 Å². The molecule has 1 saturated heterocycles. The van der Waals surface area contributed by atoms with Gasteiger partial charge in [0.05, 0.1) is 12.7 Å². The molecule has 1 aliphatic heterocycles. The topological polar surface area (TPSA) is 58.7 Å². The van der Waals surface area contributed by atoms with Crippen molar-refractivity contribution in [2.45, 2.75) is 32.0 Å². The molecule has 2 rings (SSSR count). The summed E-state index contributed by atoms with van der Waals surface area (Å²) in [5.41, 5.74) is 6.60.